The van der Waals surface area contributed by atoms with Crippen LogP contribution in [0, 0.1) is 27.7 Å². The van der Waals surface area contributed by atoms with E-state index in [0.29, 0.717) is 16.8 Å². The average molecular weight is 455 g/mol. The number of hydrogen-bond donors (Lipinski definition) is 1. The fourth-order valence-corrected chi connectivity index (χ4v) is 3.95. The molecule has 0 atom stereocenters. The van der Waals surface area contributed by atoms with Gasteiger partial charge >= 0.3 is 0 Å². The van der Waals surface area contributed by atoms with Crippen LogP contribution >= 0.6 is 0 Å². The molecule has 32 heavy (non-hydrogen) atoms. The maximum Gasteiger partial charge on any atom is 0.261 e. The highest BCUT2D eigenvalue weighted by atomic mass is 32.2. The zero-order valence-electron chi connectivity index (χ0n) is 20.3. The molecule has 3 aromatic rings. The molecule has 0 fully saturated rings. The molecule has 0 bridgehead atoms. The number of aromatic nitrogens is 1. The minimum atomic E-state index is -3.83. The minimum absolute atomic E-state index is 0.146. The van der Waals surface area contributed by atoms with Crippen LogP contribution in [-0.4, -0.2) is 19.2 Å². The topological polar surface area (TPSA) is 76.1 Å². The zero-order chi connectivity index (χ0) is 24.5. The van der Waals surface area contributed by atoms with E-state index in [0.717, 1.165) is 16.7 Å². The summed E-state index contributed by atoms with van der Waals surface area (Å²) in [6.07, 6.45) is 1.62. The molecular weight excluding hydrogens is 420 g/mol. The van der Waals surface area contributed by atoms with Crippen molar-refractivity contribution < 1.29 is 13.2 Å². The van der Waals surface area contributed by atoms with Crippen molar-refractivity contribution in [3.05, 3.63) is 88.2 Å². The lowest BCUT2D eigenvalue weighted by molar-refractivity contribution is 0.103. The molecule has 1 heterocycles. The van der Waals surface area contributed by atoms with E-state index in [1.54, 1.807) is 61.7 Å². The summed E-state index contributed by atoms with van der Waals surface area (Å²) in [5.41, 5.74) is 4.36. The maximum absolute atomic E-state index is 13.1. The summed E-state index contributed by atoms with van der Waals surface area (Å²) >= 11 is 0. The normalized spacial score (nSPS) is 10.2. The summed E-state index contributed by atoms with van der Waals surface area (Å²) in [4.78, 5) is 17.5. The van der Waals surface area contributed by atoms with Crippen molar-refractivity contribution in [2.75, 3.05) is 4.72 Å². The first-order valence-electron chi connectivity index (χ1n) is 10.9. The smallest absolute Gasteiger partial charge is 0.261 e. The van der Waals surface area contributed by atoms with E-state index in [1.165, 1.54) is 0 Å². The van der Waals surface area contributed by atoms with Crippen molar-refractivity contribution in [2.24, 2.45) is 0 Å². The van der Waals surface area contributed by atoms with E-state index in [9.17, 15) is 13.2 Å². The summed E-state index contributed by atoms with van der Waals surface area (Å²) in [5, 5.41) is 0. The predicted molar refractivity (Wildman–Crippen MR) is 133 cm³/mol. The van der Waals surface area contributed by atoms with Gasteiger partial charge in [-0.3, -0.25) is 14.5 Å². The summed E-state index contributed by atoms with van der Waals surface area (Å²) in [6, 6.07) is 13.4. The SMILES string of the molecule is CC.CC.Cc1ccc(S(=O)(=O)Nc2cc(C)c(C)cc2C(=O)c2cccnc2C)cc1. The minimum Gasteiger partial charge on any atom is -0.288 e. The van der Waals surface area contributed by atoms with Gasteiger partial charge in [-0.1, -0.05) is 45.4 Å². The van der Waals surface area contributed by atoms with E-state index in [2.05, 4.69) is 9.71 Å². The molecule has 0 aliphatic rings. The summed E-state index contributed by atoms with van der Waals surface area (Å²) in [6.45, 7) is 15.4. The number of rotatable bonds is 5. The molecule has 2 aromatic carbocycles. The quantitative estimate of drug-likeness (QED) is 0.453. The van der Waals surface area contributed by atoms with Crippen LogP contribution in [0.3, 0.4) is 0 Å². The Morgan fingerprint density at radius 2 is 1.38 bits per heavy atom. The van der Waals surface area contributed by atoms with E-state index >= 15 is 0 Å². The predicted octanol–water partition coefficient (Wildman–Crippen LogP) is 6.40. The number of carbonyl (C=O) groups is 1. The first kappa shape index (κ1) is 27.0. The van der Waals surface area contributed by atoms with Crippen LogP contribution in [0.25, 0.3) is 0 Å². The number of hydrogen-bond acceptors (Lipinski definition) is 4. The van der Waals surface area contributed by atoms with E-state index in [-0.39, 0.29) is 16.4 Å². The van der Waals surface area contributed by atoms with Gasteiger partial charge in [0.25, 0.3) is 10.0 Å². The van der Waals surface area contributed by atoms with Gasteiger partial charge in [0.15, 0.2) is 5.78 Å². The number of nitrogens with one attached hydrogen (secondary N) is 1. The van der Waals surface area contributed by atoms with Crippen molar-refractivity contribution in [1.29, 1.82) is 0 Å². The second-order valence-electron chi connectivity index (χ2n) is 6.87. The molecule has 0 saturated heterocycles. The second kappa shape index (κ2) is 12.2. The lowest BCUT2D eigenvalue weighted by atomic mass is 9.97. The molecule has 0 unspecified atom stereocenters. The Bertz CT molecular complexity index is 1150. The van der Waals surface area contributed by atoms with Gasteiger partial charge in [0.1, 0.15) is 0 Å². The Labute approximate surface area is 193 Å². The molecule has 0 saturated carbocycles. The van der Waals surface area contributed by atoms with Crippen molar-refractivity contribution in [3.8, 4) is 0 Å². The van der Waals surface area contributed by atoms with Gasteiger partial charge in [0.2, 0.25) is 0 Å². The highest BCUT2D eigenvalue weighted by Crippen LogP contribution is 2.27. The molecule has 1 aromatic heterocycles. The molecule has 0 spiro atoms. The van der Waals surface area contributed by atoms with Crippen LogP contribution in [0.15, 0.2) is 59.6 Å². The summed E-state index contributed by atoms with van der Waals surface area (Å²) < 4.78 is 28.3. The van der Waals surface area contributed by atoms with Crippen molar-refractivity contribution >= 4 is 21.5 Å². The monoisotopic (exact) mass is 454 g/mol. The van der Waals surface area contributed by atoms with Crippen molar-refractivity contribution in [1.82, 2.24) is 4.98 Å². The zero-order valence-corrected chi connectivity index (χ0v) is 21.1. The Morgan fingerprint density at radius 3 is 1.94 bits per heavy atom. The van der Waals surface area contributed by atoms with Gasteiger partial charge < -0.3 is 0 Å². The Hall–Kier alpha value is -2.99. The van der Waals surface area contributed by atoms with Crippen LogP contribution in [0.4, 0.5) is 5.69 Å². The third-order valence-corrected chi connectivity index (χ3v) is 6.09. The third-order valence-electron chi connectivity index (χ3n) is 4.71. The molecule has 1 N–H and O–H groups in total. The van der Waals surface area contributed by atoms with Gasteiger partial charge in [-0.05, 0) is 75.2 Å². The van der Waals surface area contributed by atoms with Gasteiger partial charge in [-0.25, -0.2) is 8.42 Å². The summed E-state index contributed by atoms with van der Waals surface area (Å²) in [5.74, 6) is -0.268. The largest absolute Gasteiger partial charge is 0.288 e. The van der Waals surface area contributed by atoms with Gasteiger partial charge in [-0.15, -0.1) is 0 Å². The Morgan fingerprint density at radius 1 is 0.812 bits per heavy atom. The number of sulfonamides is 1. The average Bonchev–Trinajstić information content (AvgIpc) is 2.79. The number of ketones is 1. The molecule has 5 nitrogen and oxygen atoms in total. The molecule has 0 aliphatic carbocycles. The molecular formula is C26H34N2O3S. The van der Waals surface area contributed by atoms with Crippen molar-refractivity contribution in [3.63, 3.8) is 0 Å². The lowest BCUT2D eigenvalue weighted by Gasteiger charge is -2.15. The highest BCUT2D eigenvalue weighted by molar-refractivity contribution is 7.92. The first-order chi connectivity index (χ1) is 15.2. The van der Waals surface area contributed by atoms with E-state index in [1.807, 2.05) is 48.5 Å². The molecule has 3 rings (SSSR count). The van der Waals surface area contributed by atoms with Crippen LogP contribution in [0.5, 0.6) is 0 Å². The van der Waals surface area contributed by atoms with E-state index in [4.69, 9.17) is 0 Å². The number of aryl methyl sites for hydroxylation is 4. The fraction of sp³-hybridized carbons (Fsp3) is 0.308. The highest BCUT2D eigenvalue weighted by Gasteiger charge is 2.21. The number of pyridine rings is 1. The second-order valence-corrected chi connectivity index (χ2v) is 8.55. The molecule has 172 valence electrons. The summed E-state index contributed by atoms with van der Waals surface area (Å²) in [7, 11) is -3.83. The van der Waals surface area contributed by atoms with Crippen LogP contribution < -0.4 is 4.72 Å². The van der Waals surface area contributed by atoms with Crippen LogP contribution in [-0.2, 0) is 10.0 Å². The van der Waals surface area contributed by atoms with Crippen molar-refractivity contribution in [2.45, 2.75) is 60.3 Å². The first-order valence-corrected chi connectivity index (χ1v) is 12.3. The Balaban J connectivity index is 0.00000121. The van der Waals surface area contributed by atoms with Gasteiger partial charge in [0.05, 0.1) is 10.6 Å². The standard InChI is InChI=1S/C22H22N2O3S.2C2H6/c1-14-7-9-18(10-8-14)28(26,27)24-21-13-16(3)15(2)12-20(21)22(25)19-6-5-11-23-17(19)4;2*1-2/h5-13,24H,1-4H3;2*1-2H3. The number of benzene rings is 2. The lowest BCUT2D eigenvalue weighted by Crippen LogP contribution is -2.17. The molecule has 0 amide bonds. The maximum atomic E-state index is 13.1. The van der Waals surface area contributed by atoms with Gasteiger partial charge in [0, 0.05) is 23.0 Å². The van der Waals surface area contributed by atoms with Crippen LogP contribution in [0.2, 0.25) is 0 Å². The third kappa shape index (κ3) is 6.50. The Kier molecular flexibility index (Phi) is 10.3. The molecule has 6 heteroatoms. The number of anilines is 1. The molecule has 0 aliphatic heterocycles. The van der Waals surface area contributed by atoms with E-state index < -0.39 is 10.0 Å². The van der Waals surface area contributed by atoms with Gasteiger partial charge in [-0.2, -0.15) is 0 Å². The van der Waals surface area contributed by atoms with Crippen LogP contribution in [0.1, 0.15) is 66.0 Å². The number of nitrogens with zero attached hydrogens (tertiary/aromatic N) is 1. The molecule has 0 radical (unpaired) electrons. The number of carbonyl (C=O) groups excluding carboxylic acids is 1. The fourth-order valence-electron chi connectivity index (χ4n) is 2.88.